The van der Waals surface area contributed by atoms with E-state index in [2.05, 4.69) is 6.07 Å². The topological polar surface area (TPSA) is 66.8 Å². The summed E-state index contributed by atoms with van der Waals surface area (Å²) in [5.74, 6) is -0.870. The van der Waals surface area contributed by atoms with Gasteiger partial charge in [-0.3, -0.25) is 9.59 Å². The summed E-state index contributed by atoms with van der Waals surface area (Å²) < 4.78 is 5.30. The fourth-order valence-electron chi connectivity index (χ4n) is 3.01. The third-order valence-corrected chi connectivity index (χ3v) is 4.15. The van der Waals surface area contributed by atoms with E-state index >= 15 is 0 Å². The van der Waals surface area contributed by atoms with E-state index in [1.54, 1.807) is 12.0 Å². The van der Waals surface area contributed by atoms with Gasteiger partial charge in [0.25, 0.3) is 0 Å². The number of rotatable bonds is 6. The van der Waals surface area contributed by atoms with Crippen LogP contribution in [0.5, 0.6) is 0 Å². The van der Waals surface area contributed by atoms with E-state index in [9.17, 15) is 9.59 Å². The number of likely N-dealkylation sites (tertiary alicyclic amines) is 1. The number of carboxylic acids is 1. The number of amides is 1. The van der Waals surface area contributed by atoms with Crippen LogP contribution < -0.4 is 0 Å². The number of methoxy groups -OCH3 is 1. The molecule has 0 bridgehead atoms. The lowest BCUT2D eigenvalue weighted by atomic mass is 10.1. The maximum atomic E-state index is 12.4. The van der Waals surface area contributed by atoms with Crippen molar-refractivity contribution in [2.45, 2.75) is 44.8 Å². The molecule has 120 valence electrons. The number of aliphatic carboxylic acids is 1. The van der Waals surface area contributed by atoms with E-state index in [4.69, 9.17) is 9.84 Å². The second-order valence-electron chi connectivity index (χ2n) is 5.88. The van der Waals surface area contributed by atoms with Crippen LogP contribution in [0.25, 0.3) is 0 Å². The normalized spacial score (nSPS) is 21.1. The molecule has 5 heteroatoms. The number of nitrogens with zero attached hydrogens (tertiary/aromatic N) is 1. The van der Waals surface area contributed by atoms with Crippen LogP contribution >= 0.6 is 0 Å². The lowest BCUT2D eigenvalue weighted by Gasteiger charge is -2.23. The Morgan fingerprint density at radius 1 is 1.41 bits per heavy atom. The molecule has 1 aliphatic heterocycles. The molecule has 0 aliphatic carbocycles. The van der Waals surface area contributed by atoms with Gasteiger partial charge in [0.1, 0.15) is 0 Å². The van der Waals surface area contributed by atoms with Crippen molar-refractivity contribution >= 4 is 11.9 Å². The fourth-order valence-corrected chi connectivity index (χ4v) is 3.01. The Labute approximate surface area is 130 Å². The monoisotopic (exact) mass is 305 g/mol. The van der Waals surface area contributed by atoms with Crippen LogP contribution in [0.3, 0.4) is 0 Å². The molecular weight excluding hydrogens is 282 g/mol. The van der Waals surface area contributed by atoms with Gasteiger partial charge in [0.15, 0.2) is 0 Å². The van der Waals surface area contributed by atoms with Crippen LogP contribution in [0.15, 0.2) is 24.3 Å². The number of aryl methyl sites for hydroxylation is 2. The Balaban J connectivity index is 1.95. The Kier molecular flexibility index (Phi) is 5.55. The van der Waals surface area contributed by atoms with Crippen LogP contribution in [0.2, 0.25) is 0 Å². The van der Waals surface area contributed by atoms with Crippen molar-refractivity contribution in [3.05, 3.63) is 35.4 Å². The Bertz CT molecular complexity index is 543. The summed E-state index contributed by atoms with van der Waals surface area (Å²) in [6, 6.07) is 7.84. The summed E-state index contributed by atoms with van der Waals surface area (Å²) in [6.45, 7) is 2.51. The number of benzene rings is 1. The van der Waals surface area contributed by atoms with E-state index in [0.29, 0.717) is 25.8 Å². The predicted octanol–water partition coefficient (Wildman–Crippen LogP) is 2.02. The van der Waals surface area contributed by atoms with Crippen LogP contribution in [-0.4, -0.2) is 47.7 Å². The second-order valence-corrected chi connectivity index (χ2v) is 5.88. The number of carbonyl (C=O) groups is 2. The number of hydrogen-bond donors (Lipinski definition) is 1. The molecule has 0 saturated carbocycles. The summed E-state index contributed by atoms with van der Waals surface area (Å²) >= 11 is 0. The van der Waals surface area contributed by atoms with Gasteiger partial charge in [-0.05, 0) is 25.3 Å². The first-order chi connectivity index (χ1) is 10.5. The first-order valence-corrected chi connectivity index (χ1v) is 7.59. The summed E-state index contributed by atoms with van der Waals surface area (Å²) in [5, 5.41) is 8.99. The van der Waals surface area contributed by atoms with Crippen molar-refractivity contribution in [1.29, 1.82) is 0 Å². The quantitative estimate of drug-likeness (QED) is 0.873. The summed E-state index contributed by atoms with van der Waals surface area (Å²) in [7, 11) is 1.60. The minimum atomic E-state index is -0.877. The standard InChI is InChI=1S/C17H23NO4/c1-12-4-3-5-13(8-12)6-7-16(19)18-11-15(22-2)9-14(18)10-17(20)21/h3-5,8,14-15H,6-7,9-11H2,1-2H3,(H,20,21). The first-order valence-electron chi connectivity index (χ1n) is 7.59. The zero-order valence-corrected chi connectivity index (χ0v) is 13.1. The van der Waals surface area contributed by atoms with E-state index in [1.807, 2.05) is 25.1 Å². The van der Waals surface area contributed by atoms with Crippen molar-refractivity contribution in [2.24, 2.45) is 0 Å². The van der Waals surface area contributed by atoms with Gasteiger partial charge in [0, 0.05) is 26.1 Å². The number of ether oxygens (including phenoxy) is 1. The van der Waals surface area contributed by atoms with Gasteiger partial charge in [0.2, 0.25) is 5.91 Å². The highest BCUT2D eigenvalue weighted by molar-refractivity contribution is 5.78. The van der Waals surface area contributed by atoms with Crippen molar-refractivity contribution < 1.29 is 19.4 Å². The molecule has 22 heavy (non-hydrogen) atoms. The van der Waals surface area contributed by atoms with Gasteiger partial charge < -0.3 is 14.7 Å². The van der Waals surface area contributed by atoms with E-state index in [1.165, 1.54) is 5.56 Å². The highest BCUT2D eigenvalue weighted by atomic mass is 16.5. The summed E-state index contributed by atoms with van der Waals surface area (Å²) in [4.78, 5) is 25.1. The van der Waals surface area contributed by atoms with Gasteiger partial charge in [0.05, 0.1) is 12.5 Å². The third kappa shape index (κ3) is 4.31. The molecule has 5 nitrogen and oxygen atoms in total. The zero-order valence-electron chi connectivity index (χ0n) is 13.1. The lowest BCUT2D eigenvalue weighted by molar-refractivity contribution is -0.139. The third-order valence-electron chi connectivity index (χ3n) is 4.15. The Morgan fingerprint density at radius 3 is 2.82 bits per heavy atom. The SMILES string of the molecule is COC1CC(CC(=O)O)N(C(=O)CCc2cccc(C)c2)C1. The van der Waals surface area contributed by atoms with Gasteiger partial charge in [-0.15, -0.1) is 0 Å². The second kappa shape index (κ2) is 7.40. The molecule has 1 aliphatic rings. The fraction of sp³-hybridized carbons (Fsp3) is 0.529. The average Bonchev–Trinajstić information content (AvgIpc) is 2.87. The maximum Gasteiger partial charge on any atom is 0.305 e. The molecule has 0 radical (unpaired) electrons. The van der Waals surface area contributed by atoms with E-state index in [-0.39, 0.29) is 24.5 Å². The van der Waals surface area contributed by atoms with Gasteiger partial charge in [-0.1, -0.05) is 29.8 Å². The molecule has 1 aromatic carbocycles. The van der Waals surface area contributed by atoms with Crippen LogP contribution in [0, 0.1) is 6.92 Å². The summed E-state index contributed by atoms with van der Waals surface area (Å²) in [5.41, 5.74) is 2.31. The van der Waals surface area contributed by atoms with Crippen LogP contribution in [0.4, 0.5) is 0 Å². The average molecular weight is 305 g/mol. The van der Waals surface area contributed by atoms with Crippen LogP contribution in [-0.2, 0) is 20.7 Å². The molecule has 1 fully saturated rings. The smallest absolute Gasteiger partial charge is 0.305 e. The molecule has 1 N–H and O–H groups in total. The molecule has 0 aromatic heterocycles. The van der Waals surface area contributed by atoms with Gasteiger partial charge in [-0.2, -0.15) is 0 Å². The molecule has 1 aromatic rings. The first kappa shape index (κ1) is 16.5. The molecule has 1 amide bonds. The molecule has 1 heterocycles. The molecular formula is C17H23NO4. The maximum absolute atomic E-state index is 12.4. The van der Waals surface area contributed by atoms with Gasteiger partial charge >= 0.3 is 5.97 Å². The van der Waals surface area contributed by atoms with E-state index in [0.717, 1.165) is 5.56 Å². The zero-order chi connectivity index (χ0) is 16.1. The minimum absolute atomic E-state index is 0.00676. The Morgan fingerprint density at radius 2 is 2.18 bits per heavy atom. The largest absolute Gasteiger partial charge is 0.481 e. The highest BCUT2D eigenvalue weighted by Gasteiger charge is 2.36. The minimum Gasteiger partial charge on any atom is -0.481 e. The number of carbonyl (C=O) groups excluding carboxylic acids is 1. The predicted molar refractivity (Wildman–Crippen MR) is 82.7 cm³/mol. The highest BCUT2D eigenvalue weighted by Crippen LogP contribution is 2.24. The van der Waals surface area contributed by atoms with Crippen molar-refractivity contribution in [3.63, 3.8) is 0 Å². The van der Waals surface area contributed by atoms with E-state index < -0.39 is 5.97 Å². The number of hydrogen-bond acceptors (Lipinski definition) is 3. The molecule has 2 rings (SSSR count). The van der Waals surface area contributed by atoms with Gasteiger partial charge in [-0.25, -0.2) is 0 Å². The Hall–Kier alpha value is -1.88. The lowest BCUT2D eigenvalue weighted by Crippen LogP contribution is -2.37. The molecule has 0 spiro atoms. The summed E-state index contributed by atoms with van der Waals surface area (Å²) in [6.07, 6.45) is 1.59. The molecule has 1 saturated heterocycles. The molecule has 2 atom stereocenters. The van der Waals surface area contributed by atoms with Crippen molar-refractivity contribution in [1.82, 2.24) is 4.90 Å². The van der Waals surface area contributed by atoms with Crippen molar-refractivity contribution in [2.75, 3.05) is 13.7 Å². The molecule has 2 unspecified atom stereocenters. The number of carboxylic acid groups (broad SMARTS) is 1. The van der Waals surface area contributed by atoms with Crippen LogP contribution in [0.1, 0.15) is 30.4 Å². The van der Waals surface area contributed by atoms with Crippen molar-refractivity contribution in [3.8, 4) is 0 Å².